The third kappa shape index (κ3) is 4.26. The highest BCUT2D eigenvalue weighted by atomic mass is 79.9. The molecule has 0 amide bonds. The lowest BCUT2D eigenvalue weighted by Crippen LogP contribution is -2.30. The summed E-state index contributed by atoms with van der Waals surface area (Å²) in [5.41, 5.74) is 0. The van der Waals surface area contributed by atoms with Gasteiger partial charge in [-0.3, -0.25) is 0 Å². The lowest BCUT2D eigenvalue weighted by Gasteiger charge is -2.28. The van der Waals surface area contributed by atoms with Crippen LogP contribution in [0.1, 0.15) is 25.7 Å². The van der Waals surface area contributed by atoms with Gasteiger partial charge < -0.3 is 14.6 Å². The molecule has 84 valence electrons. The van der Waals surface area contributed by atoms with Crippen LogP contribution in [-0.4, -0.2) is 42.5 Å². The van der Waals surface area contributed by atoms with Crippen molar-refractivity contribution in [3.63, 3.8) is 0 Å². The third-order valence-corrected chi connectivity index (χ3v) is 3.36. The van der Waals surface area contributed by atoms with Crippen LogP contribution < -0.4 is 0 Å². The summed E-state index contributed by atoms with van der Waals surface area (Å²) in [5, 5.41) is 9.89. The lowest BCUT2D eigenvalue weighted by atomic mass is 9.95. The molecule has 3 nitrogen and oxygen atoms in total. The van der Waals surface area contributed by atoms with Crippen LogP contribution in [0.2, 0.25) is 0 Å². The number of hydrogen-bond donors (Lipinski definition) is 1. The molecule has 1 aliphatic carbocycles. The van der Waals surface area contributed by atoms with Crippen LogP contribution >= 0.6 is 15.9 Å². The van der Waals surface area contributed by atoms with Gasteiger partial charge in [0, 0.05) is 12.4 Å². The van der Waals surface area contributed by atoms with Crippen molar-refractivity contribution in [1.29, 1.82) is 0 Å². The van der Waals surface area contributed by atoms with Gasteiger partial charge in [-0.05, 0) is 25.7 Å². The van der Waals surface area contributed by atoms with E-state index in [1.807, 2.05) is 0 Å². The molecule has 1 fully saturated rings. The molecule has 1 saturated carbocycles. The molecule has 14 heavy (non-hydrogen) atoms. The highest BCUT2D eigenvalue weighted by Crippen LogP contribution is 2.23. The van der Waals surface area contributed by atoms with Gasteiger partial charge in [0.15, 0.2) is 0 Å². The van der Waals surface area contributed by atoms with Crippen molar-refractivity contribution in [3.8, 4) is 0 Å². The van der Waals surface area contributed by atoms with Crippen LogP contribution in [0.3, 0.4) is 0 Å². The van der Waals surface area contributed by atoms with Crippen molar-refractivity contribution in [2.24, 2.45) is 0 Å². The van der Waals surface area contributed by atoms with Crippen molar-refractivity contribution < 1.29 is 14.6 Å². The van der Waals surface area contributed by atoms with E-state index in [9.17, 15) is 5.11 Å². The SMILES string of the molecule is COC1CCCC(OCC(O)CBr)C1. The Morgan fingerprint density at radius 1 is 1.43 bits per heavy atom. The van der Waals surface area contributed by atoms with Crippen molar-refractivity contribution in [2.75, 3.05) is 19.0 Å². The molecule has 1 aliphatic rings. The summed E-state index contributed by atoms with van der Waals surface area (Å²) in [5.74, 6) is 0. The highest BCUT2D eigenvalue weighted by Gasteiger charge is 2.22. The molecule has 0 spiro atoms. The van der Waals surface area contributed by atoms with E-state index in [1.165, 1.54) is 0 Å². The Bertz CT molecular complexity index is 154. The summed E-state index contributed by atoms with van der Waals surface area (Å²) in [6.45, 7) is 0.423. The Morgan fingerprint density at radius 3 is 2.79 bits per heavy atom. The first-order valence-corrected chi connectivity index (χ1v) is 6.26. The Labute approximate surface area is 93.9 Å². The minimum Gasteiger partial charge on any atom is -0.390 e. The predicted octanol–water partition coefficient (Wildman–Crippen LogP) is 1.72. The van der Waals surface area contributed by atoms with Gasteiger partial charge in [0.2, 0.25) is 0 Å². The van der Waals surface area contributed by atoms with E-state index in [0.29, 0.717) is 18.0 Å². The largest absolute Gasteiger partial charge is 0.390 e. The Morgan fingerprint density at radius 2 is 2.14 bits per heavy atom. The minimum absolute atomic E-state index is 0.266. The van der Waals surface area contributed by atoms with Crippen molar-refractivity contribution in [2.45, 2.75) is 44.0 Å². The van der Waals surface area contributed by atoms with Crippen molar-refractivity contribution in [1.82, 2.24) is 0 Å². The Balaban J connectivity index is 2.17. The van der Waals surface area contributed by atoms with E-state index in [1.54, 1.807) is 7.11 Å². The van der Waals surface area contributed by atoms with E-state index >= 15 is 0 Å². The maximum atomic E-state index is 9.31. The zero-order valence-electron chi connectivity index (χ0n) is 8.62. The van der Waals surface area contributed by atoms with Gasteiger partial charge in [0.05, 0.1) is 24.9 Å². The molecule has 0 heterocycles. The summed E-state index contributed by atoms with van der Waals surface area (Å²) >= 11 is 3.21. The van der Waals surface area contributed by atoms with Gasteiger partial charge in [0.1, 0.15) is 0 Å². The zero-order valence-corrected chi connectivity index (χ0v) is 10.2. The van der Waals surface area contributed by atoms with Gasteiger partial charge in [0.25, 0.3) is 0 Å². The molecule has 4 heteroatoms. The fraction of sp³-hybridized carbons (Fsp3) is 1.00. The van der Waals surface area contributed by atoms with Gasteiger partial charge in [-0.15, -0.1) is 0 Å². The molecule has 0 aromatic rings. The summed E-state index contributed by atoms with van der Waals surface area (Å²) in [4.78, 5) is 0. The normalized spacial score (nSPS) is 30.2. The summed E-state index contributed by atoms with van der Waals surface area (Å²) < 4.78 is 10.9. The quantitative estimate of drug-likeness (QED) is 0.771. The predicted molar refractivity (Wildman–Crippen MR) is 58.8 cm³/mol. The first-order chi connectivity index (χ1) is 6.76. The third-order valence-electron chi connectivity index (χ3n) is 2.61. The molecular weight excluding hydrogens is 248 g/mol. The monoisotopic (exact) mass is 266 g/mol. The van der Waals surface area contributed by atoms with Gasteiger partial charge in [-0.1, -0.05) is 15.9 Å². The molecule has 3 atom stereocenters. The standard InChI is InChI=1S/C10H19BrO3/c1-13-9-3-2-4-10(5-9)14-7-8(12)6-11/h8-10,12H,2-7H2,1H3. The molecule has 1 N–H and O–H groups in total. The minimum atomic E-state index is -0.391. The molecule has 0 aromatic heterocycles. The first kappa shape index (κ1) is 12.4. The second kappa shape index (κ2) is 6.77. The second-order valence-electron chi connectivity index (χ2n) is 3.79. The zero-order chi connectivity index (χ0) is 10.4. The molecule has 0 radical (unpaired) electrons. The topological polar surface area (TPSA) is 38.7 Å². The van der Waals surface area contributed by atoms with E-state index in [0.717, 1.165) is 25.7 Å². The van der Waals surface area contributed by atoms with E-state index in [4.69, 9.17) is 9.47 Å². The number of rotatable bonds is 5. The van der Waals surface area contributed by atoms with E-state index in [-0.39, 0.29) is 6.10 Å². The van der Waals surface area contributed by atoms with Crippen LogP contribution in [0.5, 0.6) is 0 Å². The fourth-order valence-electron chi connectivity index (χ4n) is 1.76. The first-order valence-electron chi connectivity index (χ1n) is 5.14. The molecule has 0 aromatic carbocycles. The lowest BCUT2D eigenvalue weighted by molar-refractivity contribution is -0.0519. The summed E-state index contributed by atoms with van der Waals surface area (Å²) in [6.07, 6.45) is 4.57. The van der Waals surface area contributed by atoms with Crippen LogP contribution in [0.4, 0.5) is 0 Å². The van der Waals surface area contributed by atoms with Gasteiger partial charge >= 0.3 is 0 Å². The molecule has 0 bridgehead atoms. The Hall–Kier alpha value is 0.360. The number of methoxy groups -OCH3 is 1. The summed E-state index contributed by atoms with van der Waals surface area (Å²) in [7, 11) is 1.75. The number of halogens is 1. The number of aliphatic hydroxyl groups is 1. The second-order valence-corrected chi connectivity index (χ2v) is 4.44. The van der Waals surface area contributed by atoms with Crippen molar-refractivity contribution in [3.05, 3.63) is 0 Å². The molecule has 0 aliphatic heterocycles. The smallest absolute Gasteiger partial charge is 0.0870 e. The van der Waals surface area contributed by atoms with E-state index in [2.05, 4.69) is 15.9 Å². The highest BCUT2D eigenvalue weighted by molar-refractivity contribution is 9.09. The molecule has 1 rings (SSSR count). The maximum absolute atomic E-state index is 9.31. The molecular formula is C10H19BrO3. The summed E-state index contributed by atoms with van der Waals surface area (Å²) in [6, 6.07) is 0. The van der Waals surface area contributed by atoms with Crippen LogP contribution in [-0.2, 0) is 9.47 Å². The van der Waals surface area contributed by atoms with Gasteiger partial charge in [-0.25, -0.2) is 0 Å². The fourth-order valence-corrected chi connectivity index (χ4v) is 1.95. The molecule has 0 saturated heterocycles. The maximum Gasteiger partial charge on any atom is 0.0870 e. The Kier molecular flexibility index (Phi) is 6.01. The average Bonchev–Trinajstić information content (AvgIpc) is 2.26. The van der Waals surface area contributed by atoms with E-state index < -0.39 is 6.10 Å². The van der Waals surface area contributed by atoms with Crippen LogP contribution in [0.15, 0.2) is 0 Å². The number of alkyl halides is 1. The number of ether oxygens (including phenoxy) is 2. The number of hydrogen-bond acceptors (Lipinski definition) is 3. The average molecular weight is 267 g/mol. The number of aliphatic hydroxyl groups excluding tert-OH is 1. The van der Waals surface area contributed by atoms with Crippen LogP contribution in [0, 0.1) is 0 Å². The van der Waals surface area contributed by atoms with Gasteiger partial charge in [-0.2, -0.15) is 0 Å². The van der Waals surface area contributed by atoms with Crippen LogP contribution in [0.25, 0.3) is 0 Å². The van der Waals surface area contributed by atoms with Crippen molar-refractivity contribution >= 4 is 15.9 Å². The molecule has 3 unspecified atom stereocenters.